The third kappa shape index (κ3) is 5.41. The van der Waals surface area contributed by atoms with Crippen LogP contribution in [0, 0.1) is 11.3 Å². The van der Waals surface area contributed by atoms with E-state index in [-0.39, 0.29) is 19.7 Å². The molecule has 0 saturated heterocycles. The number of nitrogens with zero attached hydrogens (tertiary/aromatic N) is 1. The number of rotatable bonds is 7. The van der Waals surface area contributed by atoms with Gasteiger partial charge >= 0.3 is 12.2 Å². The van der Waals surface area contributed by atoms with E-state index in [4.69, 9.17) is 10.00 Å². The molecule has 3 rings (SSSR count). The van der Waals surface area contributed by atoms with Crippen LogP contribution in [0.4, 0.5) is 18.0 Å². The van der Waals surface area contributed by atoms with Crippen LogP contribution in [0.2, 0.25) is 0 Å². The minimum absolute atomic E-state index is 0.0605. The molecule has 0 unspecified atom stereocenters. The maximum atomic E-state index is 12.9. The third-order valence-corrected chi connectivity index (χ3v) is 4.90. The third-order valence-electron chi connectivity index (χ3n) is 4.90. The topological polar surface area (TPSA) is 74.1 Å². The minimum atomic E-state index is -4.39. The molecule has 2 aromatic carbocycles. The highest BCUT2D eigenvalue weighted by molar-refractivity contribution is 5.74. The van der Waals surface area contributed by atoms with Gasteiger partial charge in [-0.05, 0) is 42.2 Å². The molecule has 1 fully saturated rings. The smallest absolute Gasteiger partial charge is 0.416 e. The summed E-state index contributed by atoms with van der Waals surface area (Å²) in [6, 6.07) is 13.8. The van der Waals surface area contributed by atoms with Crippen molar-refractivity contribution >= 4 is 6.03 Å². The van der Waals surface area contributed by atoms with Crippen molar-refractivity contribution in [3.05, 3.63) is 65.2 Å². The SMILES string of the molecule is N#CCOc1cccc(CNC(=O)NCC2(c3cccc(C(F)(F)F)c3)CC2)c1. The summed E-state index contributed by atoms with van der Waals surface area (Å²) < 4.78 is 44.1. The molecule has 1 aliphatic carbocycles. The Kier molecular flexibility index (Phi) is 5.97. The molecule has 0 radical (unpaired) electrons. The van der Waals surface area contributed by atoms with Gasteiger partial charge in [0.05, 0.1) is 5.56 Å². The maximum Gasteiger partial charge on any atom is 0.416 e. The highest BCUT2D eigenvalue weighted by Gasteiger charge is 2.45. The second-order valence-electron chi connectivity index (χ2n) is 6.99. The van der Waals surface area contributed by atoms with Crippen LogP contribution in [0.1, 0.15) is 29.5 Å². The van der Waals surface area contributed by atoms with Crippen molar-refractivity contribution in [1.29, 1.82) is 5.26 Å². The van der Waals surface area contributed by atoms with Crippen molar-refractivity contribution in [2.45, 2.75) is 31.0 Å². The number of hydrogen-bond acceptors (Lipinski definition) is 3. The summed E-state index contributed by atoms with van der Waals surface area (Å²) in [6.45, 7) is 0.465. The standard InChI is InChI=1S/C21H20F3N3O2/c22-21(23,24)17-5-2-4-16(12-17)20(7-8-20)14-27-19(28)26-13-15-3-1-6-18(11-15)29-10-9-25/h1-6,11-12H,7-8,10,13-14H2,(H2,26,27,28). The number of nitrogens with one attached hydrogen (secondary N) is 2. The summed E-state index contributed by atoms with van der Waals surface area (Å²) in [7, 11) is 0. The van der Waals surface area contributed by atoms with E-state index in [2.05, 4.69) is 10.6 Å². The van der Waals surface area contributed by atoms with Gasteiger partial charge in [0.1, 0.15) is 11.8 Å². The molecule has 2 aromatic rings. The maximum absolute atomic E-state index is 12.9. The Morgan fingerprint density at radius 1 is 1.14 bits per heavy atom. The van der Waals surface area contributed by atoms with Crippen molar-refractivity contribution in [2.75, 3.05) is 13.2 Å². The average molecular weight is 403 g/mol. The van der Waals surface area contributed by atoms with Crippen LogP contribution in [0.5, 0.6) is 5.75 Å². The lowest BCUT2D eigenvalue weighted by Gasteiger charge is -2.18. The number of carbonyl (C=O) groups excluding carboxylic acids is 1. The molecule has 0 heterocycles. The second-order valence-corrected chi connectivity index (χ2v) is 6.99. The van der Waals surface area contributed by atoms with Gasteiger partial charge in [0.2, 0.25) is 0 Å². The molecular weight excluding hydrogens is 383 g/mol. The molecule has 152 valence electrons. The monoisotopic (exact) mass is 403 g/mol. The first kappa shape index (κ1) is 20.5. The predicted molar refractivity (Wildman–Crippen MR) is 100 cm³/mol. The molecule has 2 N–H and O–H groups in total. The van der Waals surface area contributed by atoms with Gasteiger partial charge in [0.25, 0.3) is 0 Å². The molecule has 8 heteroatoms. The zero-order chi connectivity index (χ0) is 20.9. The summed E-state index contributed by atoms with van der Waals surface area (Å²) in [5, 5.41) is 14.0. The fourth-order valence-electron chi connectivity index (χ4n) is 3.10. The second kappa shape index (κ2) is 8.43. The van der Waals surface area contributed by atoms with Gasteiger partial charge in [0, 0.05) is 18.5 Å². The Morgan fingerprint density at radius 3 is 2.59 bits per heavy atom. The van der Waals surface area contributed by atoms with Gasteiger partial charge in [-0.1, -0.05) is 30.3 Å². The number of urea groups is 1. The highest BCUT2D eigenvalue weighted by atomic mass is 19.4. The Bertz CT molecular complexity index is 918. The van der Waals surface area contributed by atoms with E-state index < -0.39 is 23.2 Å². The number of benzene rings is 2. The molecule has 1 aliphatic rings. The van der Waals surface area contributed by atoms with Crippen molar-refractivity contribution in [3.63, 3.8) is 0 Å². The summed E-state index contributed by atoms with van der Waals surface area (Å²) in [5.74, 6) is 0.535. The van der Waals surface area contributed by atoms with Crippen molar-refractivity contribution in [2.24, 2.45) is 0 Å². The van der Waals surface area contributed by atoms with E-state index in [1.807, 2.05) is 12.1 Å². The number of ether oxygens (including phenoxy) is 1. The zero-order valence-electron chi connectivity index (χ0n) is 15.6. The molecule has 0 aliphatic heterocycles. The lowest BCUT2D eigenvalue weighted by molar-refractivity contribution is -0.137. The quantitative estimate of drug-likeness (QED) is 0.730. The van der Waals surface area contributed by atoms with E-state index in [0.717, 1.165) is 24.5 Å². The van der Waals surface area contributed by atoms with Crippen LogP contribution >= 0.6 is 0 Å². The average Bonchev–Trinajstić information content (AvgIpc) is 3.50. The molecule has 0 aromatic heterocycles. The predicted octanol–water partition coefficient (Wildman–Crippen LogP) is 4.14. The van der Waals surface area contributed by atoms with Crippen molar-refractivity contribution in [1.82, 2.24) is 10.6 Å². The first-order chi connectivity index (χ1) is 13.8. The lowest BCUT2D eigenvalue weighted by Crippen LogP contribution is -2.39. The van der Waals surface area contributed by atoms with Gasteiger partial charge in [-0.15, -0.1) is 0 Å². The molecule has 0 atom stereocenters. The van der Waals surface area contributed by atoms with Gasteiger partial charge in [0.15, 0.2) is 6.61 Å². The number of nitriles is 1. The Labute approximate surface area is 166 Å². The number of halogens is 3. The normalized spacial score (nSPS) is 14.6. The minimum Gasteiger partial charge on any atom is -0.479 e. The Morgan fingerprint density at radius 2 is 1.90 bits per heavy atom. The molecule has 5 nitrogen and oxygen atoms in total. The zero-order valence-corrected chi connectivity index (χ0v) is 15.6. The summed E-state index contributed by atoms with van der Waals surface area (Å²) in [5.41, 5.74) is 0.276. The number of amides is 2. The van der Waals surface area contributed by atoms with E-state index in [1.165, 1.54) is 12.1 Å². The van der Waals surface area contributed by atoms with Crippen LogP contribution in [0.3, 0.4) is 0 Å². The molecule has 1 saturated carbocycles. The summed E-state index contributed by atoms with van der Waals surface area (Å²) >= 11 is 0. The van der Waals surface area contributed by atoms with Crippen LogP contribution < -0.4 is 15.4 Å². The van der Waals surface area contributed by atoms with E-state index in [9.17, 15) is 18.0 Å². The molecular formula is C21H20F3N3O2. The van der Waals surface area contributed by atoms with Gasteiger partial charge in [-0.3, -0.25) is 0 Å². The Hall–Kier alpha value is -3.21. The molecule has 2 amide bonds. The van der Waals surface area contributed by atoms with E-state index in [1.54, 1.807) is 24.3 Å². The molecule has 0 spiro atoms. The highest BCUT2D eigenvalue weighted by Crippen LogP contribution is 2.48. The number of alkyl halides is 3. The fraction of sp³-hybridized carbons (Fsp3) is 0.333. The lowest BCUT2D eigenvalue weighted by atomic mass is 9.94. The van der Waals surface area contributed by atoms with Gasteiger partial charge < -0.3 is 15.4 Å². The number of carbonyl (C=O) groups is 1. The fourth-order valence-corrected chi connectivity index (χ4v) is 3.10. The van der Waals surface area contributed by atoms with Gasteiger partial charge in [-0.2, -0.15) is 18.4 Å². The van der Waals surface area contributed by atoms with Crippen molar-refractivity contribution in [3.8, 4) is 11.8 Å². The Balaban J connectivity index is 1.53. The first-order valence-electron chi connectivity index (χ1n) is 9.11. The van der Waals surface area contributed by atoms with E-state index in [0.29, 0.717) is 11.3 Å². The summed E-state index contributed by atoms with van der Waals surface area (Å²) in [6.07, 6.45) is -2.93. The molecule has 29 heavy (non-hydrogen) atoms. The first-order valence-corrected chi connectivity index (χ1v) is 9.11. The van der Waals surface area contributed by atoms with Crippen LogP contribution in [0.25, 0.3) is 0 Å². The molecule has 0 bridgehead atoms. The van der Waals surface area contributed by atoms with Gasteiger partial charge in [-0.25, -0.2) is 4.79 Å². The number of hydrogen-bond donors (Lipinski definition) is 2. The van der Waals surface area contributed by atoms with Crippen LogP contribution in [-0.2, 0) is 18.1 Å². The van der Waals surface area contributed by atoms with Crippen LogP contribution in [0.15, 0.2) is 48.5 Å². The largest absolute Gasteiger partial charge is 0.479 e. The van der Waals surface area contributed by atoms with Crippen molar-refractivity contribution < 1.29 is 22.7 Å². The summed E-state index contributed by atoms with van der Waals surface area (Å²) in [4.78, 5) is 12.1. The van der Waals surface area contributed by atoms with E-state index >= 15 is 0 Å². The van der Waals surface area contributed by atoms with Crippen LogP contribution in [-0.4, -0.2) is 19.2 Å².